The van der Waals surface area contributed by atoms with Crippen molar-refractivity contribution < 1.29 is 4.79 Å². The Morgan fingerprint density at radius 3 is 2.21 bits per heavy atom. The number of aryl methyl sites for hydroxylation is 3. The molecular formula is C25H23N3O. The highest BCUT2D eigenvalue weighted by Crippen LogP contribution is 2.27. The number of hydrogen-bond acceptors (Lipinski definition) is 2. The van der Waals surface area contributed by atoms with E-state index in [4.69, 9.17) is 0 Å². The van der Waals surface area contributed by atoms with Gasteiger partial charge in [0.25, 0.3) is 5.91 Å². The summed E-state index contributed by atoms with van der Waals surface area (Å²) in [5.41, 5.74) is 7.69. The maximum absolute atomic E-state index is 12.6. The number of nitrogens with zero attached hydrogens (tertiary/aromatic N) is 2. The van der Waals surface area contributed by atoms with Crippen LogP contribution in [-0.2, 0) is 0 Å². The van der Waals surface area contributed by atoms with Gasteiger partial charge in [-0.05, 0) is 68.8 Å². The zero-order valence-electron chi connectivity index (χ0n) is 16.8. The average Bonchev–Trinajstić information content (AvgIpc) is 3.08. The molecule has 0 saturated carbocycles. The van der Waals surface area contributed by atoms with Crippen molar-refractivity contribution >= 4 is 11.6 Å². The van der Waals surface area contributed by atoms with Crippen LogP contribution in [0.15, 0.2) is 79.0 Å². The Kier molecular flexibility index (Phi) is 5.00. The van der Waals surface area contributed by atoms with Crippen LogP contribution in [0.25, 0.3) is 16.9 Å². The van der Waals surface area contributed by atoms with Crippen molar-refractivity contribution in [1.82, 2.24) is 9.55 Å². The predicted molar refractivity (Wildman–Crippen MR) is 118 cm³/mol. The van der Waals surface area contributed by atoms with Crippen LogP contribution in [0.3, 0.4) is 0 Å². The first kappa shape index (κ1) is 18.7. The van der Waals surface area contributed by atoms with Crippen molar-refractivity contribution in [2.45, 2.75) is 20.8 Å². The van der Waals surface area contributed by atoms with E-state index in [1.54, 1.807) is 6.20 Å². The summed E-state index contributed by atoms with van der Waals surface area (Å²) in [7, 11) is 0. The predicted octanol–water partition coefficient (Wildman–Crippen LogP) is 5.72. The lowest BCUT2D eigenvalue weighted by Gasteiger charge is -2.14. The number of rotatable bonds is 4. The van der Waals surface area contributed by atoms with Crippen molar-refractivity contribution in [3.05, 3.63) is 102 Å². The molecule has 4 aromatic rings. The van der Waals surface area contributed by atoms with Crippen LogP contribution < -0.4 is 5.32 Å². The smallest absolute Gasteiger partial charge is 0.255 e. The quantitative estimate of drug-likeness (QED) is 0.492. The first-order chi connectivity index (χ1) is 14.0. The minimum atomic E-state index is -0.121. The molecule has 4 rings (SSSR count). The first-order valence-electron chi connectivity index (χ1n) is 9.62. The molecule has 29 heavy (non-hydrogen) atoms. The van der Waals surface area contributed by atoms with Crippen molar-refractivity contribution in [2.75, 3.05) is 5.32 Å². The molecule has 0 aliphatic heterocycles. The van der Waals surface area contributed by atoms with Crippen LogP contribution >= 0.6 is 0 Å². The van der Waals surface area contributed by atoms with Crippen LogP contribution in [0.4, 0.5) is 5.69 Å². The molecule has 2 aromatic heterocycles. The summed E-state index contributed by atoms with van der Waals surface area (Å²) in [5.74, 6) is -0.121. The lowest BCUT2D eigenvalue weighted by atomic mass is 10.1. The van der Waals surface area contributed by atoms with Gasteiger partial charge in [0.1, 0.15) is 0 Å². The number of aromatic nitrogens is 2. The summed E-state index contributed by atoms with van der Waals surface area (Å²) in [6.07, 6.45) is 1.80. The number of hydrogen-bond donors (Lipinski definition) is 1. The normalized spacial score (nSPS) is 10.7. The number of pyridine rings is 1. The molecule has 0 saturated heterocycles. The molecular weight excluding hydrogens is 358 g/mol. The Morgan fingerprint density at radius 1 is 0.828 bits per heavy atom. The molecule has 4 nitrogen and oxygen atoms in total. The van der Waals surface area contributed by atoms with Gasteiger partial charge in [-0.25, -0.2) is 0 Å². The second-order valence-electron chi connectivity index (χ2n) is 7.17. The van der Waals surface area contributed by atoms with E-state index >= 15 is 0 Å². The van der Waals surface area contributed by atoms with Gasteiger partial charge in [-0.2, -0.15) is 0 Å². The molecule has 0 spiro atoms. The fourth-order valence-electron chi connectivity index (χ4n) is 3.54. The topological polar surface area (TPSA) is 46.9 Å². The van der Waals surface area contributed by atoms with E-state index in [0.29, 0.717) is 5.56 Å². The minimum absolute atomic E-state index is 0.121. The van der Waals surface area contributed by atoms with Gasteiger partial charge >= 0.3 is 0 Å². The summed E-state index contributed by atoms with van der Waals surface area (Å²) in [6.45, 7) is 6.15. The minimum Gasteiger partial charge on any atom is -0.322 e. The third-order valence-electron chi connectivity index (χ3n) is 5.11. The highest BCUT2D eigenvalue weighted by atomic mass is 16.1. The Labute approximate surface area is 170 Å². The third kappa shape index (κ3) is 3.69. The van der Waals surface area contributed by atoms with Crippen molar-refractivity contribution in [2.24, 2.45) is 0 Å². The number of benzene rings is 2. The van der Waals surface area contributed by atoms with Crippen molar-refractivity contribution in [3.8, 4) is 16.9 Å². The summed E-state index contributed by atoms with van der Waals surface area (Å²) >= 11 is 0. The maximum Gasteiger partial charge on any atom is 0.255 e. The van der Waals surface area contributed by atoms with E-state index < -0.39 is 0 Å². The molecule has 0 bridgehead atoms. The van der Waals surface area contributed by atoms with E-state index in [-0.39, 0.29) is 5.91 Å². The third-order valence-corrected chi connectivity index (χ3v) is 5.11. The molecule has 0 unspecified atom stereocenters. The Hall–Kier alpha value is -3.66. The molecule has 0 fully saturated rings. The lowest BCUT2D eigenvalue weighted by Crippen LogP contribution is -2.12. The molecule has 2 heterocycles. The summed E-state index contributed by atoms with van der Waals surface area (Å²) < 4.78 is 2.20. The fraction of sp³-hybridized carbons (Fsp3) is 0.120. The molecule has 0 aliphatic rings. The van der Waals surface area contributed by atoms with Gasteiger partial charge in [0, 0.05) is 34.4 Å². The highest BCUT2D eigenvalue weighted by molar-refractivity contribution is 6.04. The summed E-state index contributed by atoms with van der Waals surface area (Å²) in [6, 6.07) is 23.6. The van der Waals surface area contributed by atoms with Gasteiger partial charge in [0.15, 0.2) is 0 Å². The monoisotopic (exact) mass is 381 g/mol. The van der Waals surface area contributed by atoms with Crippen LogP contribution in [0.2, 0.25) is 0 Å². The molecule has 0 radical (unpaired) electrons. The first-order valence-corrected chi connectivity index (χ1v) is 9.62. The van der Waals surface area contributed by atoms with Crippen LogP contribution in [0.1, 0.15) is 27.3 Å². The zero-order valence-corrected chi connectivity index (χ0v) is 16.8. The number of anilines is 1. The number of nitrogens with one attached hydrogen (secondary N) is 1. The largest absolute Gasteiger partial charge is 0.322 e. The van der Waals surface area contributed by atoms with Crippen LogP contribution in [-0.4, -0.2) is 15.5 Å². The van der Waals surface area contributed by atoms with E-state index in [0.717, 1.165) is 39.6 Å². The van der Waals surface area contributed by atoms with Crippen molar-refractivity contribution in [1.29, 1.82) is 0 Å². The van der Waals surface area contributed by atoms with Crippen LogP contribution in [0, 0.1) is 20.8 Å². The zero-order chi connectivity index (χ0) is 20.4. The highest BCUT2D eigenvalue weighted by Gasteiger charge is 2.13. The fourth-order valence-corrected chi connectivity index (χ4v) is 3.54. The summed E-state index contributed by atoms with van der Waals surface area (Å²) in [5, 5.41) is 2.98. The second kappa shape index (κ2) is 7.76. The van der Waals surface area contributed by atoms with E-state index in [1.165, 1.54) is 0 Å². The maximum atomic E-state index is 12.6. The van der Waals surface area contributed by atoms with Gasteiger partial charge < -0.3 is 9.88 Å². The van der Waals surface area contributed by atoms with E-state index in [2.05, 4.69) is 46.9 Å². The number of amides is 1. The molecule has 1 amide bonds. The second-order valence-corrected chi connectivity index (χ2v) is 7.17. The van der Waals surface area contributed by atoms with E-state index in [1.807, 2.05) is 61.5 Å². The number of carbonyl (C=O) groups excluding carboxylic acids is 1. The van der Waals surface area contributed by atoms with E-state index in [9.17, 15) is 4.79 Å². The van der Waals surface area contributed by atoms with Crippen LogP contribution in [0.5, 0.6) is 0 Å². The molecule has 144 valence electrons. The van der Waals surface area contributed by atoms with Gasteiger partial charge in [-0.15, -0.1) is 0 Å². The van der Waals surface area contributed by atoms with Gasteiger partial charge in [-0.1, -0.05) is 30.3 Å². The lowest BCUT2D eigenvalue weighted by molar-refractivity contribution is 0.102. The van der Waals surface area contributed by atoms with Gasteiger partial charge in [0.2, 0.25) is 0 Å². The SMILES string of the molecule is Cc1ccccc1NC(=O)c1ccc(-c2ncccc2-n2c(C)ccc2C)cc1. The van der Waals surface area contributed by atoms with Gasteiger partial charge in [0.05, 0.1) is 11.4 Å². The van der Waals surface area contributed by atoms with Gasteiger partial charge in [-0.3, -0.25) is 9.78 Å². The molecule has 2 aromatic carbocycles. The Bertz CT molecular complexity index is 1150. The standard InChI is InChI=1S/C25H23N3O/c1-17-7-4-5-8-22(17)27-25(29)21-14-12-20(13-15-21)24-23(9-6-16-26-24)28-18(2)10-11-19(28)3/h4-16H,1-3H3,(H,27,29). The molecule has 0 atom stereocenters. The summed E-state index contributed by atoms with van der Waals surface area (Å²) in [4.78, 5) is 17.2. The Balaban J connectivity index is 1.64. The Morgan fingerprint density at radius 2 is 1.52 bits per heavy atom. The average molecular weight is 381 g/mol. The molecule has 4 heteroatoms. The number of para-hydroxylation sites is 1. The molecule has 0 aliphatic carbocycles. The van der Waals surface area contributed by atoms with Crippen molar-refractivity contribution in [3.63, 3.8) is 0 Å². The number of carbonyl (C=O) groups is 1. The molecule has 1 N–H and O–H groups in total.